The molecule has 0 bridgehead atoms. The number of allylic oxidation sites excluding steroid dienone is 8. The van der Waals surface area contributed by atoms with Crippen LogP contribution in [0.25, 0.3) is 0 Å². The number of ether oxygens (including phenoxy) is 3. The van der Waals surface area contributed by atoms with Crippen LogP contribution in [0, 0.1) is 0 Å². The third kappa shape index (κ3) is 7.38. The van der Waals surface area contributed by atoms with Crippen LogP contribution in [-0.2, 0) is 4.74 Å². The summed E-state index contributed by atoms with van der Waals surface area (Å²) in [5.74, 6) is 1.24. The molecular weight excluding hydrogens is 470 g/mol. The first-order valence-electron chi connectivity index (χ1n) is 11.9. The van der Waals surface area contributed by atoms with Crippen molar-refractivity contribution in [3.05, 3.63) is 157 Å². The van der Waals surface area contributed by atoms with Crippen molar-refractivity contribution in [2.24, 2.45) is 0 Å². The third-order valence-electron chi connectivity index (χ3n) is 5.70. The van der Waals surface area contributed by atoms with Gasteiger partial charge >= 0.3 is 0 Å². The molecule has 0 amide bonds. The average molecular weight is 499 g/mol. The molecule has 2 aromatic rings. The Balaban J connectivity index is 1.23. The molecule has 0 aliphatic heterocycles. The minimum atomic E-state index is -1.18. The number of benzene rings is 2. The quantitative estimate of drug-likeness (QED) is 0.244. The second-order valence-electron chi connectivity index (χ2n) is 8.39. The van der Waals surface area contributed by atoms with E-state index in [0.717, 1.165) is 11.1 Å². The predicted molar refractivity (Wildman–Crippen MR) is 144 cm³/mol. The summed E-state index contributed by atoms with van der Waals surface area (Å²) < 4.78 is 44.6. The normalized spacial score (nSPS) is 19.7. The summed E-state index contributed by atoms with van der Waals surface area (Å²) >= 11 is 0. The molecule has 188 valence electrons. The van der Waals surface area contributed by atoms with Crippen molar-refractivity contribution < 1.29 is 23.0 Å². The lowest BCUT2D eigenvalue weighted by molar-refractivity contribution is 0.0953. The van der Waals surface area contributed by atoms with E-state index in [-0.39, 0.29) is 12.2 Å². The minimum absolute atomic E-state index is 0.175. The summed E-state index contributed by atoms with van der Waals surface area (Å²) in [7, 11) is 0. The molecule has 5 heteroatoms. The van der Waals surface area contributed by atoms with Gasteiger partial charge in [-0.1, -0.05) is 98.2 Å². The molecule has 0 N–H and O–H groups in total. The zero-order valence-corrected chi connectivity index (χ0v) is 20.3. The largest absolute Gasteiger partial charge is 0.464 e. The monoisotopic (exact) mass is 498 g/mol. The maximum Gasteiger partial charge on any atom is 0.143 e. The number of hydrogen-bond donors (Lipinski definition) is 0. The standard InChI is InChI=1S/C32H28F2O3/c1-3-31(33)25-9-17-27(18-10-25)35-21-23-5-13-29(14-6-23)37-30-15-7-24(8-16-30)22-36-28-19-11-26(12-20-28)32(34)4-2/h3-22,29-32H,1-2H2. The Labute approximate surface area is 216 Å². The van der Waals surface area contributed by atoms with E-state index >= 15 is 0 Å². The molecule has 2 aliphatic carbocycles. The molecule has 0 saturated carbocycles. The van der Waals surface area contributed by atoms with E-state index in [1.807, 2.05) is 48.6 Å². The van der Waals surface area contributed by atoms with Crippen LogP contribution in [0.4, 0.5) is 8.78 Å². The molecule has 2 aliphatic rings. The molecule has 0 radical (unpaired) electrons. The molecular formula is C32H28F2O3. The van der Waals surface area contributed by atoms with Crippen LogP contribution in [0.15, 0.2) is 146 Å². The lowest BCUT2D eigenvalue weighted by Crippen LogP contribution is -2.17. The first-order chi connectivity index (χ1) is 18.0. The van der Waals surface area contributed by atoms with Gasteiger partial charge in [-0.2, -0.15) is 0 Å². The Morgan fingerprint density at radius 1 is 0.595 bits per heavy atom. The molecule has 3 nitrogen and oxygen atoms in total. The van der Waals surface area contributed by atoms with Crippen molar-refractivity contribution in [1.82, 2.24) is 0 Å². The van der Waals surface area contributed by atoms with Gasteiger partial charge in [0, 0.05) is 11.1 Å². The van der Waals surface area contributed by atoms with E-state index in [4.69, 9.17) is 14.2 Å². The molecule has 2 unspecified atom stereocenters. The van der Waals surface area contributed by atoms with Gasteiger partial charge in [-0.15, -0.1) is 0 Å². The van der Waals surface area contributed by atoms with Gasteiger partial charge in [0.05, 0.1) is 24.7 Å². The Hall–Kier alpha value is -4.22. The van der Waals surface area contributed by atoms with Crippen LogP contribution < -0.4 is 9.47 Å². The van der Waals surface area contributed by atoms with E-state index in [2.05, 4.69) is 13.2 Å². The van der Waals surface area contributed by atoms with E-state index < -0.39 is 12.3 Å². The summed E-state index contributed by atoms with van der Waals surface area (Å²) in [6, 6.07) is 13.6. The van der Waals surface area contributed by atoms with E-state index in [9.17, 15) is 8.78 Å². The van der Waals surface area contributed by atoms with Crippen molar-refractivity contribution in [1.29, 1.82) is 0 Å². The first kappa shape index (κ1) is 25.9. The summed E-state index contributed by atoms with van der Waals surface area (Å²) in [4.78, 5) is 0. The van der Waals surface area contributed by atoms with Crippen molar-refractivity contribution in [3.63, 3.8) is 0 Å². The van der Waals surface area contributed by atoms with E-state index in [1.165, 1.54) is 12.2 Å². The Kier molecular flexibility index (Phi) is 8.84. The van der Waals surface area contributed by atoms with Crippen LogP contribution in [0.2, 0.25) is 0 Å². The highest BCUT2D eigenvalue weighted by atomic mass is 19.1. The fourth-order valence-corrected chi connectivity index (χ4v) is 3.59. The number of halogens is 2. The number of rotatable bonds is 10. The number of hydrogen-bond acceptors (Lipinski definition) is 3. The van der Waals surface area contributed by atoms with Crippen LogP contribution >= 0.6 is 0 Å². The van der Waals surface area contributed by atoms with Gasteiger partial charge in [0.2, 0.25) is 0 Å². The Morgan fingerprint density at radius 2 is 0.946 bits per heavy atom. The Bertz CT molecular complexity index is 1130. The van der Waals surface area contributed by atoms with Gasteiger partial charge in [-0.25, -0.2) is 8.78 Å². The highest BCUT2D eigenvalue weighted by molar-refractivity contribution is 5.39. The number of alkyl halides is 2. The molecule has 2 aromatic carbocycles. The van der Waals surface area contributed by atoms with E-state index in [0.29, 0.717) is 22.6 Å². The van der Waals surface area contributed by atoms with Gasteiger partial charge in [0.15, 0.2) is 0 Å². The molecule has 0 aromatic heterocycles. The van der Waals surface area contributed by atoms with Crippen LogP contribution in [0.1, 0.15) is 23.5 Å². The smallest absolute Gasteiger partial charge is 0.143 e. The highest BCUT2D eigenvalue weighted by Crippen LogP contribution is 2.24. The maximum absolute atomic E-state index is 13.6. The summed E-state index contributed by atoms with van der Waals surface area (Å²) in [5, 5.41) is 0. The SMILES string of the molecule is C=CC(F)c1ccc(OC=C2C=CC(OC3C=CC(=COc4ccc(C(F)C=C)cc4)C=C3)C=C2)cc1. The van der Waals surface area contributed by atoms with E-state index in [1.54, 1.807) is 61.1 Å². The zero-order valence-electron chi connectivity index (χ0n) is 20.3. The molecule has 2 atom stereocenters. The van der Waals surface area contributed by atoms with Crippen LogP contribution in [0.3, 0.4) is 0 Å². The third-order valence-corrected chi connectivity index (χ3v) is 5.70. The molecule has 0 spiro atoms. The van der Waals surface area contributed by atoms with Crippen molar-refractivity contribution in [2.45, 2.75) is 24.6 Å². The fourth-order valence-electron chi connectivity index (χ4n) is 3.59. The van der Waals surface area contributed by atoms with Crippen molar-refractivity contribution >= 4 is 0 Å². The molecule has 37 heavy (non-hydrogen) atoms. The van der Waals surface area contributed by atoms with Gasteiger partial charge in [0.1, 0.15) is 23.8 Å². The first-order valence-corrected chi connectivity index (χ1v) is 11.9. The minimum Gasteiger partial charge on any atom is -0.464 e. The summed E-state index contributed by atoms with van der Waals surface area (Å²) in [6.45, 7) is 6.92. The topological polar surface area (TPSA) is 27.7 Å². The van der Waals surface area contributed by atoms with Crippen LogP contribution in [0.5, 0.6) is 11.5 Å². The maximum atomic E-state index is 13.6. The summed E-state index contributed by atoms with van der Waals surface area (Å²) in [6.07, 6.45) is 18.6. The molecule has 0 saturated heterocycles. The van der Waals surface area contributed by atoms with Gasteiger partial charge in [-0.05, 0) is 35.4 Å². The van der Waals surface area contributed by atoms with Crippen molar-refractivity contribution in [3.8, 4) is 11.5 Å². The van der Waals surface area contributed by atoms with Crippen molar-refractivity contribution in [2.75, 3.05) is 0 Å². The lowest BCUT2D eigenvalue weighted by atomic mass is 10.1. The summed E-state index contributed by atoms with van der Waals surface area (Å²) in [5.41, 5.74) is 2.85. The second-order valence-corrected chi connectivity index (χ2v) is 8.39. The second kappa shape index (κ2) is 12.7. The molecule has 0 fully saturated rings. The Morgan fingerprint density at radius 3 is 1.27 bits per heavy atom. The van der Waals surface area contributed by atoms with Gasteiger partial charge in [0.25, 0.3) is 0 Å². The zero-order chi connectivity index (χ0) is 26.0. The fraction of sp³-hybridized carbons (Fsp3) is 0.125. The average Bonchev–Trinajstić information content (AvgIpc) is 2.96. The highest BCUT2D eigenvalue weighted by Gasteiger charge is 2.13. The van der Waals surface area contributed by atoms with Crippen LogP contribution in [-0.4, -0.2) is 12.2 Å². The van der Waals surface area contributed by atoms with Gasteiger partial charge in [-0.3, -0.25) is 0 Å². The predicted octanol–water partition coefficient (Wildman–Crippen LogP) is 8.31. The molecule has 0 heterocycles. The van der Waals surface area contributed by atoms with Gasteiger partial charge < -0.3 is 14.2 Å². The molecule has 4 rings (SSSR count). The lowest BCUT2D eigenvalue weighted by Gasteiger charge is -2.19.